The first-order valence-electron chi connectivity index (χ1n) is 8.39. The number of aromatic nitrogens is 3. The van der Waals surface area contributed by atoms with Gasteiger partial charge >= 0.3 is 5.69 Å². The third-order valence-electron chi connectivity index (χ3n) is 4.63. The molecule has 4 rings (SSSR count). The predicted molar refractivity (Wildman–Crippen MR) is 103 cm³/mol. The second-order valence-corrected chi connectivity index (χ2v) is 10.0. The van der Waals surface area contributed by atoms with Crippen LogP contribution in [0.5, 0.6) is 0 Å². The molecule has 0 atom stereocenters. The quantitative estimate of drug-likeness (QED) is 0.664. The van der Waals surface area contributed by atoms with Crippen LogP contribution in [0, 0.1) is 6.92 Å². The number of benzene rings is 1. The van der Waals surface area contributed by atoms with Crippen LogP contribution >= 0.6 is 11.3 Å². The average molecular weight is 406 g/mol. The molecule has 2 N–H and O–H groups in total. The van der Waals surface area contributed by atoms with Crippen LogP contribution in [-0.4, -0.2) is 28.5 Å². The third-order valence-corrected chi connectivity index (χ3v) is 7.16. The van der Waals surface area contributed by atoms with Crippen molar-refractivity contribution in [1.29, 1.82) is 0 Å². The molecule has 8 nitrogen and oxygen atoms in total. The van der Waals surface area contributed by atoms with Crippen LogP contribution in [-0.2, 0) is 16.6 Å². The van der Waals surface area contributed by atoms with E-state index >= 15 is 0 Å². The van der Waals surface area contributed by atoms with Crippen LogP contribution < -0.4 is 16.0 Å². The molecule has 142 valence electrons. The summed E-state index contributed by atoms with van der Waals surface area (Å²) >= 11 is 1.40. The molecule has 27 heavy (non-hydrogen) atoms. The van der Waals surface area contributed by atoms with Crippen molar-refractivity contribution in [3.05, 3.63) is 55.1 Å². The van der Waals surface area contributed by atoms with Gasteiger partial charge in [-0.1, -0.05) is 0 Å². The summed E-state index contributed by atoms with van der Waals surface area (Å²) in [6, 6.07) is 4.15. The van der Waals surface area contributed by atoms with Crippen LogP contribution in [0.4, 0.5) is 0 Å². The zero-order valence-electron chi connectivity index (χ0n) is 14.8. The largest absolute Gasteiger partial charge is 0.329 e. The maximum absolute atomic E-state index is 12.8. The number of rotatable bonds is 5. The van der Waals surface area contributed by atoms with Gasteiger partial charge in [0.15, 0.2) is 0 Å². The normalized spacial score (nSPS) is 15.9. The Labute approximate surface area is 158 Å². The molecular weight excluding hydrogens is 388 g/mol. The van der Waals surface area contributed by atoms with E-state index in [1.54, 1.807) is 6.20 Å². The van der Waals surface area contributed by atoms with E-state index in [0.717, 1.165) is 27.3 Å². The molecule has 1 saturated carbocycles. The fourth-order valence-electron chi connectivity index (χ4n) is 2.85. The van der Waals surface area contributed by atoms with Crippen LogP contribution in [0.15, 0.2) is 38.9 Å². The van der Waals surface area contributed by atoms with Gasteiger partial charge < -0.3 is 4.98 Å². The van der Waals surface area contributed by atoms with Gasteiger partial charge in [-0.2, -0.15) is 0 Å². The van der Waals surface area contributed by atoms with E-state index < -0.39 is 26.8 Å². The number of aryl methyl sites for hydroxylation is 1. The number of fused-ring (bicyclic) bond motifs is 1. The highest BCUT2D eigenvalue weighted by molar-refractivity contribution is 7.89. The molecule has 3 aromatic rings. The smallest absolute Gasteiger partial charge is 0.307 e. The van der Waals surface area contributed by atoms with Gasteiger partial charge in [0.2, 0.25) is 10.0 Å². The van der Waals surface area contributed by atoms with Crippen LogP contribution in [0.1, 0.15) is 29.7 Å². The fraction of sp³-hybridized carbons (Fsp3) is 0.353. The molecule has 1 aliphatic rings. The minimum absolute atomic E-state index is 0.00691. The maximum atomic E-state index is 12.8. The summed E-state index contributed by atoms with van der Waals surface area (Å²) in [5.41, 5.74) is -1.19. The molecule has 2 aromatic heterocycles. The Morgan fingerprint density at radius 3 is 2.70 bits per heavy atom. The molecule has 0 aliphatic heterocycles. The molecule has 1 aromatic carbocycles. The van der Waals surface area contributed by atoms with E-state index in [4.69, 9.17) is 0 Å². The van der Waals surface area contributed by atoms with Crippen molar-refractivity contribution in [3.8, 4) is 0 Å². The van der Waals surface area contributed by atoms with E-state index in [9.17, 15) is 18.0 Å². The van der Waals surface area contributed by atoms with Gasteiger partial charge in [-0.3, -0.25) is 9.36 Å². The SMILES string of the molecule is Cc1ncc(Cn2c(=O)[nH]c3ccc(S(=O)(=O)NC4(C)CC4)cc3c2=O)s1. The lowest BCUT2D eigenvalue weighted by Gasteiger charge is -2.13. The highest BCUT2D eigenvalue weighted by Crippen LogP contribution is 2.36. The summed E-state index contributed by atoms with van der Waals surface area (Å²) in [4.78, 5) is 32.7. The van der Waals surface area contributed by atoms with E-state index in [1.165, 1.54) is 29.5 Å². The van der Waals surface area contributed by atoms with Crippen molar-refractivity contribution in [2.45, 2.75) is 43.7 Å². The van der Waals surface area contributed by atoms with E-state index in [1.807, 2.05) is 13.8 Å². The number of nitrogens with one attached hydrogen (secondary N) is 2. The third kappa shape index (κ3) is 3.47. The number of thiazole rings is 1. The highest BCUT2D eigenvalue weighted by atomic mass is 32.2. The van der Waals surface area contributed by atoms with Gasteiger partial charge in [0.25, 0.3) is 5.56 Å². The van der Waals surface area contributed by atoms with Crippen molar-refractivity contribution in [2.24, 2.45) is 0 Å². The Hall–Kier alpha value is -2.30. The predicted octanol–water partition coefficient (Wildman–Crippen LogP) is 1.33. The standard InChI is InChI=1S/C17H18N4O4S2/c1-10-18-8-11(26-10)9-21-15(22)13-7-12(3-4-14(13)19-16(21)23)27(24,25)20-17(2)5-6-17/h3-4,7-8,20H,5-6,9H2,1-2H3,(H,19,23). The number of sulfonamides is 1. The topological polar surface area (TPSA) is 114 Å². The molecule has 0 saturated heterocycles. The van der Waals surface area contributed by atoms with Crippen molar-refractivity contribution in [2.75, 3.05) is 0 Å². The molecule has 0 spiro atoms. The summed E-state index contributed by atoms with van der Waals surface area (Å²) in [5, 5.41) is 0.989. The summed E-state index contributed by atoms with van der Waals surface area (Å²) in [6.45, 7) is 3.77. The van der Waals surface area contributed by atoms with Crippen molar-refractivity contribution >= 4 is 32.3 Å². The zero-order valence-corrected chi connectivity index (χ0v) is 16.4. The molecule has 2 heterocycles. The van der Waals surface area contributed by atoms with Crippen LogP contribution in [0.25, 0.3) is 10.9 Å². The summed E-state index contributed by atoms with van der Waals surface area (Å²) in [5.74, 6) is 0. The van der Waals surface area contributed by atoms with E-state index in [-0.39, 0.29) is 16.8 Å². The van der Waals surface area contributed by atoms with Gasteiger partial charge in [0, 0.05) is 16.6 Å². The summed E-state index contributed by atoms with van der Waals surface area (Å²) in [6.07, 6.45) is 3.19. The maximum Gasteiger partial charge on any atom is 0.329 e. The molecule has 0 amide bonds. The zero-order chi connectivity index (χ0) is 19.4. The lowest BCUT2D eigenvalue weighted by molar-refractivity contribution is 0.558. The lowest BCUT2D eigenvalue weighted by Crippen LogP contribution is -2.36. The first-order chi connectivity index (χ1) is 12.7. The van der Waals surface area contributed by atoms with E-state index in [0.29, 0.717) is 5.52 Å². The first kappa shape index (κ1) is 18.1. The number of hydrogen-bond donors (Lipinski definition) is 2. The lowest BCUT2D eigenvalue weighted by atomic mass is 10.2. The van der Waals surface area contributed by atoms with Gasteiger partial charge in [-0.25, -0.2) is 22.9 Å². The molecule has 10 heteroatoms. The number of nitrogens with zero attached hydrogens (tertiary/aromatic N) is 2. The van der Waals surface area contributed by atoms with Crippen LogP contribution in [0.2, 0.25) is 0 Å². The minimum Gasteiger partial charge on any atom is -0.307 e. The van der Waals surface area contributed by atoms with E-state index in [2.05, 4.69) is 14.7 Å². The Kier molecular flexibility index (Phi) is 4.09. The molecule has 1 fully saturated rings. The second kappa shape index (κ2) is 6.11. The summed E-state index contributed by atoms with van der Waals surface area (Å²) in [7, 11) is -3.74. The van der Waals surface area contributed by atoms with Gasteiger partial charge in [-0.05, 0) is 44.9 Å². The number of H-pyrrole nitrogens is 1. The van der Waals surface area contributed by atoms with Crippen LogP contribution in [0.3, 0.4) is 0 Å². The fourth-order valence-corrected chi connectivity index (χ4v) is 5.12. The Balaban J connectivity index is 1.80. The molecule has 0 unspecified atom stereocenters. The Morgan fingerprint density at radius 1 is 1.33 bits per heavy atom. The Bertz CT molecular complexity index is 1270. The van der Waals surface area contributed by atoms with Gasteiger partial charge in [0.05, 0.1) is 27.4 Å². The summed E-state index contributed by atoms with van der Waals surface area (Å²) < 4.78 is 28.9. The highest BCUT2D eigenvalue weighted by Gasteiger charge is 2.41. The monoisotopic (exact) mass is 406 g/mol. The molecular formula is C17H18N4O4S2. The molecule has 0 bridgehead atoms. The van der Waals surface area contributed by atoms with Crippen molar-refractivity contribution in [3.63, 3.8) is 0 Å². The molecule has 1 aliphatic carbocycles. The Morgan fingerprint density at radius 2 is 2.07 bits per heavy atom. The van der Waals surface area contributed by atoms with Gasteiger partial charge in [-0.15, -0.1) is 11.3 Å². The van der Waals surface area contributed by atoms with Crippen molar-refractivity contribution in [1.82, 2.24) is 19.3 Å². The van der Waals surface area contributed by atoms with Gasteiger partial charge in [0.1, 0.15) is 0 Å². The number of hydrogen-bond acceptors (Lipinski definition) is 6. The minimum atomic E-state index is -3.74. The van der Waals surface area contributed by atoms with Crippen molar-refractivity contribution < 1.29 is 8.42 Å². The average Bonchev–Trinajstić information content (AvgIpc) is 3.16. The molecule has 0 radical (unpaired) electrons. The number of aromatic amines is 1. The first-order valence-corrected chi connectivity index (χ1v) is 10.7. The second-order valence-electron chi connectivity index (χ2n) is 7.04.